The van der Waals surface area contributed by atoms with E-state index in [9.17, 15) is 4.79 Å². The molecule has 0 fully saturated rings. The van der Waals surface area contributed by atoms with E-state index >= 15 is 0 Å². The maximum atomic E-state index is 10.00. The zero-order chi connectivity index (χ0) is 9.02. The van der Waals surface area contributed by atoms with Gasteiger partial charge >= 0.3 is 5.97 Å². The summed E-state index contributed by atoms with van der Waals surface area (Å²) in [7, 11) is 0. The Bertz CT molecular complexity index is 139. The Morgan fingerprint density at radius 2 is 1.82 bits per heavy atom. The Labute approximate surface area is 62.9 Å². The average Bonchev–Trinajstić information content (AvgIpc) is 2.00. The molecule has 0 saturated carbocycles. The van der Waals surface area contributed by atoms with Crippen LogP contribution in [0.15, 0.2) is 0 Å². The lowest BCUT2D eigenvalue weighted by Crippen LogP contribution is -2.45. The number of carbonyl (C=O) groups is 1. The lowest BCUT2D eigenvalue weighted by atomic mass is 10.1. The predicted octanol–water partition coefficient (Wildman–Crippen LogP) is -2.89. The Kier molecular flexibility index (Phi) is 3.98. The van der Waals surface area contributed by atoms with Gasteiger partial charge in [0.1, 0.15) is 6.10 Å². The van der Waals surface area contributed by atoms with Crippen LogP contribution in [0, 0.1) is 0 Å². The number of aliphatic hydroxyl groups excluding tert-OH is 3. The maximum Gasteiger partial charge on any atom is 0.335 e. The first kappa shape index (κ1) is 10.3. The van der Waals surface area contributed by atoms with Gasteiger partial charge in [0.2, 0.25) is 0 Å². The first-order chi connectivity index (χ1) is 5.00. The molecule has 0 saturated heterocycles. The van der Waals surface area contributed by atoms with Gasteiger partial charge in [-0.05, 0) is 0 Å². The second-order valence-corrected chi connectivity index (χ2v) is 2.08. The van der Waals surface area contributed by atoms with Crippen molar-refractivity contribution in [2.75, 3.05) is 6.54 Å². The minimum Gasteiger partial charge on any atom is -0.479 e. The molecule has 0 heterocycles. The van der Waals surface area contributed by atoms with Crippen molar-refractivity contribution >= 4 is 5.97 Å². The van der Waals surface area contributed by atoms with Crippen LogP contribution >= 0.6 is 0 Å². The van der Waals surface area contributed by atoms with Gasteiger partial charge in [0.05, 0.1) is 6.10 Å². The summed E-state index contributed by atoms with van der Waals surface area (Å²) in [5.74, 6) is -1.59. The minimum atomic E-state index is -1.99. The van der Waals surface area contributed by atoms with Gasteiger partial charge < -0.3 is 26.2 Å². The summed E-state index contributed by atoms with van der Waals surface area (Å²) >= 11 is 0. The molecule has 6 heteroatoms. The monoisotopic (exact) mass is 165 g/mol. The van der Waals surface area contributed by atoms with Gasteiger partial charge in [-0.25, -0.2) is 4.79 Å². The summed E-state index contributed by atoms with van der Waals surface area (Å²) in [5.41, 5.74) is 4.90. The van der Waals surface area contributed by atoms with Gasteiger partial charge in [-0.1, -0.05) is 0 Å². The number of nitrogens with two attached hydrogens (primary N) is 1. The zero-order valence-corrected chi connectivity index (χ0v) is 5.71. The van der Waals surface area contributed by atoms with Gasteiger partial charge in [-0.15, -0.1) is 0 Å². The van der Waals surface area contributed by atoms with Crippen molar-refractivity contribution in [1.82, 2.24) is 0 Å². The fourth-order valence-electron chi connectivity index (χ4n) is 0.496. The molecule has 0 rings (SSSR count). The second-order valence-electron chi connectivity index (χ2n) is 2.08. The Balaban J connectivity index is 4.00. The third-order valence-electron chi connectivity index (χ3n) is 1.21. The summed E-state index contributed by atoms with van der Waals surface area (Å²) in [6.07, 6.45) is -5.15. The summed E-state index contributed by atoms with van der Waals surface area (Å²) in [4.78, 5) is 10.00. The molecule has 3 atom stereocenters. The summed E-state index contributed by atoms with van der Waals surface area (Å²) in [6, 6.07) is 0. The van der Waals surface area contributed by atoms with Gasteiger partial charge in [0.15, 0.2) is 6.10 Å². The molecule has 11 heavy (non-hydrogen) atoms. The number of carboxylic acids is 1. The van der Waals surface area contributed by atoms with E-state index < -0.39 is 24.3 Å². The van der Waals surface area contributed by atoms with Crippen LogP contribution in [0.4, 0.5) is 0 Å². The largest absolute Gasteiger partial charge is 0.479 e. The number of hydrogen-bond acceptors (Lipinski definition) is 5. The third kappa shape index (κ3) is 2.81. The Morgan fingerprint density at radius 3 is 2.09 bits per heavy atom. The second kappa shape index (κ2) is 4.24. The number of carboxylic acid groups (broad SMARTS) is 1. The maximum absolute atomic E-state index is 10.00. The first-order valence-electron chi connectivity index (χ1n) is 2.97. The summed E-state index contributed by atoms with van der Waals surface area (Å²) in [6.45, 7) is -0.300. The molecule has 0 bridgehead atoms. The Hall–Kier alpha value is -0.690. The van der Waals surface area contributed by atoms with Gasteiger partial charge in [-0.3, -0.25) is 0 Å². The van der Waals surface area contributed by atoms with E-state index in [1.807, 2.05) is 0 Å². The lowest BCUT2D eigenvalue weighted by molar-refractivity contribution is -0.157. The summed E-state index contributed by atoms with van der Waals surface area (Å²) in [5, 5.41) is 34.3. The Morgan fingerprint density at radius 1 is 1.36 bits per heavy atom. The molecule has 0 spiro atoms. The normalized spacial score (nSPS) is 18.9. The van der Waals surface area contributed by atoms with E-state index in [4.69, 9.17) is 26.2 Å². The molecule has 0 aliphatic heterocycles. The molecule has 6 N–H and O–H groups in total. The van der Waals surface area contributed by atoms with Crippen molar-refractivity contribution in [1.29, 1.82) is 0 Å². The minimum absolute atomic E-state index is 0.300. The molecule has 0 aromatic rings. The quantitative estimate of drug-likeness (QED) is 0.304. The van der Waals surface area contributed by atoms with E-state index in [1.165, 1.54) is 0 Å². The highest BCUT2D eigenvalue weighted by Crippen LogP contribution is 1.98. The molecule has 0 aliphatic rings. The predicted molar refractivity (Wildman–Crippen MR) is 34.7 cm³/mol. The number of rotatable bonds is 4. The van der Waals surface area contributed by atoms with Crippen LogP contribution < -0.4 is 5.73 Å². The smallest absolute Gasteiger partial charge is 0.335 e. The number of aliphatic carboxylic acids is 1. The van der Waals surface area contributed by atoms with Crippen molar-refractivity contribution in [3.63, 3.8) is 0 Å². The SMILES string of the molecule is NC[C@@H](O)[C@H](O)[C@@H](O)C(=O)O. The lowest BCUT2D eigenvalue weighted by Gasteiger charge is -2.18. The van der Waals surface area contributed by atoms with Crippen LogP contribution in [0.25, 0.3) is 0 Å². The third-order valence-corrected chi connectivity index (χ3v) is 1.21. The van der Waals surface area contributed by atoms with Crippen molar-refractivity contribution in [2.24, 2.45) is 5.73 Å². The van der Waals surface area contributed by atoms with Crippen LogP contribution in [-0.2, 0) is 4.79 Å². The molecule has 0 unspecified atom stereocenters. The van der Waals surface area contributed by atoms with Crippen molar-refractivity contribution in [2.45, 2.75) is 18.3 Å². The molecular formula is C5H11NO5. The molecule has 0 amide bonds. The average molecular weight is 165 g/mol. The highest BCUT2D eigenvalue weighted by atomic mass is 16.4. The standard InChI is InChI=1S/C5H11NO5/c6-1-2(7)3(8)4(9)5(10)11/h2-4,7-9H,1,6H2,(H,10,11)/t2-,3+,4-/m1/s1. The fourth-order valence-corrected chi connectivity index (χ4v) is 0.496. The summed E-state index contributed by atoms with van der Waals surface area (Å²) < 4.78 is 0. The van der Waals surface area contributed by atoms with Gasteiger partial charge in [0, 0.05) is 6.54 Å². The van der Waals surface area contributed by atoms with Crippen LogP contribution in [0.1, 0.15) is 0 Å². The van der Waals surface area contributed by atoms with Crippen LogP contribution in [0.2, 0.25) is 0 Å². The zero-order valence-electron chi connectivity index (χ0n) is 5.71. The van der Waals surface area contributed by atoms with E-state index in [2.05, 4.69) is 0 Å². The molecule has 0 aliphatic carbocycles. The number of hydrogen-bond donors (Lipinski definition) is 5. The highest BCUT2D eigenvalue weighted by Gasteiger charge is 2.28. The molecule has 66 valence electrons. The first-order valence-corrected chi connectivity index (χ1v) is 2.97. The molecule has 0 radical (unpaired) electrons. The molecule has 0 aromatic carbocycles. The van der Waals surface area contributed by atoms with E-state index in [1.54, 1.807) is 0 Å². The van der Waals surface area contributed by atoms with E-state index in [0.29, 0.717) is 0 Å². The van der Waals surface area contributed by atoms with Gasteiger partial charge in [-0.2, -0.15) is 0 Å². The van der Waals surface area contributed by atoms with Crippen molar-refractivity contribution in [3.8, 4) is 0 Å². The molecule has 6 nitrogen and oxygen atoms in total. The van der Waals surface area contributed by atoms with Crippen LogP contribution in [0.3, 0.4) is 0 Å². The van der Waals surface area contributed by atoms with Crippen molar-refractivity contribution in [3.05, 3.63) is 0 Å². The highest BCUT2D eigenvalue weighted by molar-refractivity contribution is 5.72. The van der Waals surface area contributed by atoms with Gasteiger partial charge in [0.25, 0.3) is 0 Å². The number of aliphatic hydroxyl groups is 3. The topological polar surface area (TPSA) is 124 Å². The van der Waals surface area contributed by atoms with Crippen LogP contribution in [0.5, 0.6) is 0 Å². The molecule has 0 aromatic heterocycles. The van der Waals surface area contributed by atoms with Crippen LogP contribution in [-0.4, -0.2) is 51.3 Å². The molecular weight excluding hydrogens is 154 g/mol. The van der Waals surface area contributed by atoms with E-state index in [-0.39, 0.29) is 6.54 Å². The van der Waals surface area contributed by atoms with Crippen molar-refractivity contribution < 1.29 is 25.2 Å². The van der Waals surface area contributed by atoms with E-state index in [0.717, 1.165) is 0 Å². The fraction of sp³-hybridized carbons (Fsp3) is 0.800.